The van der Waals surface area contributed by atoms with E-state index >= 15 is 0 Å². The largest absolute Gasteiger partial charge is 0.573 e. The van der Waals surface area contributed by atoms with Gasteiger partial charge in [-0.15, -0.1) is 13.2 Å². The van der Waals surface area contributed by atoms with Crippen molar-refractivity contribution >= 4 is 30.0 Å². The molecular weight excluding hydrogens is 317 g/mol. The molecule has 0 unspecified atom stereocenters. The monoisotopic (exact) mass is 326 g/mol. The number of rotatable bonds is 4. The summed E-state index contributed by atoms with van der Waals surface area (Å²) in [5.41, 5.74) is 1.60. The van der Waals surface area contributed by atoms with E-state index < -0.39 is 6.36 Å². The number of hydrogen-bond acceptors (Lipinski definition) is 2. The van der Waals surface area contributed by atoms with Gasteiger partial charge in [-0.3, -0.25) is 4.79 Å². The Morgan fingerprint density at radius 2 is 1.64 bits per heavy atom. The molecule has 0 N–H and O–H groups in total. The third kappa shape index (κ3) is 4.93. The maximum absolute atomic E-state index is 12.2. The maximum Gasteiger partial charge on any atom is 0.573 e. The minimum atomic E-state index is -4.73. The second-order valence-electron chi connectivity index (χ2n) is 4.39. The predicted molar refractivity (Wildman–Crippen MR) is 78.9 cm³/mol. The summed E-state index contributed by atoms with van der Waals surface area (Å²) in [5, 5.41) is 0.401. The fourth-order valence-electron chi connectivity index (χ4n) is 1.81. The Labute approximate surface area is 129 Å². The zero-order chi connectivity index (χ0) is 16.2. The first-order valence-electron chi connectivity index (χ1n) is 6.15. The van der Waals surface area contributed by atoms with Crippen LogP contribution in [0.5, 0.6) is 5.75 Å². The molecule has 0 saturated carbocycles. The van der Waals surface area contributed by atoms with Crippen molar-refractivity contribution in [3.05, 3.63) is 64.2 Å². The predicted octanol–water partition coefficient (Wildman–Crippen LogP) is 5.22. The summed E-state index contributed by atoms with van der Waals surface area (Å²) in [7, 11) is 0. The van der Waals surface area contributed by atoms with Gasteiger partial charge in [-0.05, 0) is 41.5 Å². The number of hydrogen-bond donors (Lipinski definition) is 0. The molecule has 0 saturated heterocycles. The molecule has 0 atom stereocenters. The number of ether oxygens (including phenoxy) is 1. The second-order valence-corrected chi connectivity index (χ2v) is 4.83. The number of halogens is 4. The van der Waals surface area contributed by atoms with Gasteiger partial charge >= 0.3 is 6.36 Å². The lowest BCUT2D eigenvalue weighted by atomic mass is 10.1. The second kappa shape index (κ2) is 6.66. The highest BCUT2D eigenvalue weighted by atomic mass is 35.5. The Hall–Kier alpha value is -2.27. The molecule has 0 heterocycles. The zero-order valence-electron chi connectivity index (χ0n) is 11.1. The molecule has 0 aliphatic carbocycles. The van der Waals surface area contributed by atoms with E-state index in [1.54, 1.807) is 30.4 Å². The van der Waals surface area contributed by atoms with E-state index in [4.69, 9.17) is 11.6 Å². The van der Waals surface area contributed by atoms with Gasteiger partial charge < -0.3 is 4.74 Å². The van der Waals surface area contributed by atoms with E-state index in [-0.39, 0.29) is 5.75 Å². The van der Waals surface area contributed by atoms with Gasteiger partial charge in [0.25, 0.3) is 0 Å². The van der Waals surface area contributed by atoms with Crippen molar-refractivity contribution in [1.82, 2.24) is 0 Å². The number of benzene rings is 2. The van der Waals surface area contributed by atoms with E-state index in [2.05, 4.69) is 4.74 Å². The van der Waals surface area contributed by atoms with E-state index in [0.717, 1.165) is 0 Å². The molecule has 0 spiro atoms. The lowest BCUT2D eigenvalue weighted by molar-refractivity contribution is -0.274. The van der Waals surface area contributed by atoms with Gasteiger partial charge in [0.05, 0.1) is 0 Å². The summed E-state index contributed by atoms with van der Waals surface area (Å²) in [4.78, 5) is 10.8. The molecule has 2 aromatic carbocycles. The van der Waals surface area contributed by atoms with Gasteiger partial charge in [0.2, 0.25) is 0 Å². The Morgan fingerprint density at radius 3 is 2.32 bits per heavy atom. The molecule has 0 aliphatic rings. The lowest BCUT2D eigenvalue weighted by Gasteiger charge is -2.08. The molecule has 2 nitrogen and oxygen atoms in total. The van der Waals surface area contributed by atoms with Crippen molar-refractivity contribution in [2.24, 2.45) is 0 Å². The molecular formula is C16H10ClF3O2. The van der Waals surface area contributed by atoms with E-state index in [1.807, 2.05) is 0 Å². The first-order chi connectivity index (χ1) is 10.4. The summed E-state index contributed by atoms with van der Waals surface area (Å²) in [6.07, 6.45) is -0.815. The van der Waals surface area contributed by atoms with Gasteiger partial charge in [0.15, 0.2) is 0 Å². The van der Waals surface area contributed by atoms with Gasteiger partial charge in [0.1, 0.15) is 12.0 Å². The molecule has 2 aromatic rings. The fraction of sp³-hybridized carbons (Fsp3) is 0.0625. The minimum Gasteiger partial charge on any atom is -0.406 e. The molecule has 0 radical (unpaired) electrons. The van der Waals surface area contributed by atoms with Crippen LogP contribution in [0.1, 0.15) is 21.5 Å². The molecule has 0 amide bonds. The van der Waals surface area contributed by atoms with Crippen molar-refractivity contribution in [3.8, 4) is 5.75 Å². The van der Waals surface area contributed by atoms with Gasteiger partial charge in [-0.25, -0.2) is 0 Å². The zero-order valence-corrected chi connectivity index (χ0v) is 11.9. The van der Waals surface area contributed by atoms with Crippen molar-refractivity contribution in [2.75, 3.05) is 0 Å². The van der Waals surface area contributed by atoms with Crippen molar-refractivity contribution in [1.29, 1.82) is 0 Å². The van der Waals surface area contributed by atoms with Crippen molar-refractivity contribution in [3.63, 3.8) is 0 Å². The molecule has 0 aromatic heterocycles. The summed E-state index contributed by atoms with van der Waals surface area (Å²) >= 11 is 5.87. The summed E-state index contributed by atoms with van der Waals surface area (Å²) in [6.45, 7) is 0. The quantitative estimate of drug-likeness (QED) is 0.568. The van der Waals surface area contributed by atoms with E-state index in [1.165, 1.54) is 24.3 Å². The highest BCUT2D eigenvalue weighted by molar-refractivity contribution is 6.31. The average molecular weight is 327 g/mol. The van der Waals surface area contributed by atoms with Crippen molar-refractivity contribution < 1.29 is 22.7 Å². The Balaban J connectivity index is 2.21. The topological polar surface area (TPSA) is 26.3 Å². The van der Waals surface area contributed by atoms with Crippen LogP contribution < -0.4 is 4.74 Å². The van der Waals surface area contributed by atoms with Crippen LogP contribution in [-0.2, 0) is 0 Å². The smallest absolute Gasteiger partial charge is 0.406 e. The molecule has 0 aliphatic heterocycles. The van der Waals surface area contributed by atoms with Crippen LogP contribution in [0.2, 0.25) is 5.02 Å². The maximum atomic E-state index is 12.2. The first kappa shape index (κ1) is 16.1. The lowest BCUT2D eigenvalue weighted by Crippen LogP contribution is -2.17. The third-order valence-corrected chi connectivity index (χ3v) is 2.86. The van der Waals surface area contributed by atoms with E-state index in [0.29, 0.717) is 28.0 Å². The molecule has 0 bridgehead atoms. The molecule has 114 valence electrons. The van der Waals surface area contributed by atoms with Crippen LogP contribution in [0.3, 0.4) is 0 Å². The number of alkyl halides is 3. The van der Waals surface area contributed by atoms with E-state index in [9.17, 15) is 18.0 Å². The molecule has 22 heavy (non-hydrogen) atoms. The van der Waals surface area contributed by atoms with Gasteiger partial charge in [-0.2, -0.15) is 0 Å². The van der Waals surface area contributed by atoms with Gasteiger partial charge in [-0.1, -0.05) is 35.9 Å². The fourth-order valence-corrected chi connectivity index (χ4v) is 2.06. The number of carbonyl (C=O) groups is 1. The summed E-state index contributed by atoms with van der Waals surface area (Å²) in [6, 6.07) is 10.3. The van der Waals surface area contributed by atoms with Gasteiger partial charge in [0, 0.05) is 10.6 Å². The SMILES string of the molecule is O=Cc1cc(Cl)cc(/C=C/c2cccc(OC(F)(F)F)c2)c1. The molecule has 6 heteroatoms. The highest BCUT2D eigenvalue weighted by Gasteiger charge is 2.30. The van der Waals surface area contributed by atoms with Crippen LogP contribution in [0.15, 0.2) is 42.5 Å². The number of aldehydes is 1. The molecule has 2 rings (SSSR count). The first-order valence-corrected chi connectivity index (χ1v) is 6.53. The normalized spacial score (nSPS) is 11.6. The molecule has 0 fully saturated rings. The average Bonchev–Trinajstić information content (AvgIpc) is 2.43. The summed E-state index contributed by atoms with van der Waals surface area (Å²) in [5.74, 6) is -0.297. The minimum absolute atomic E-state index is 0.297. The highest BCUT2D eigenvalue weighted by Crippen LogP contribution is 2.24. The van der Waals surface area contributed by atoms with Crippen LogP contribution >= 0.6 is 11.6 Å². The summed E-state index contributed by atoms with van der Waals surface area (Å²) < 4.78 is 40.3. The Bertz CT molecular complexity index is 709. The van der Waals surface area contributed by atoms with Crippen LogP contribution in [0, 0.1) is 0 Å². The van der Waals surface area contributed by atoms with Crippen LogP contribution in [0.4, 0.5) is 13.2 Å². The number of carbonyl (C=O) groups excluding carboxylic acids is 1. The standard InChI is InChI=1S/C16H10ClF3O2/c17-14-7-12(6-13(8-14)10-21)5-4-11-2-1-3-15(9-11)22-16(18,19)20/h1-10H/b5-4+. The van der Waals surface area contributed by atoms with Crippen LogP contribution in [0.25, 0.3) is 12.2 Å². The van der Waals surface area contributed by atoms with Crippen LogP contribution in [-0.4, -0.2) is 12.6 Å². The third-order valence-electron chi connectivity index (χ3n) is 2.64. The van der Waals surface area contributed by atoms with Crippen molar-refractivity contribution in [2.45, 2.75) is 6.36 Å². The Kier molecular flexibility index (Phi) is 4.88. The Morgan fingerprint density at radius 1 is 0.955 bits per heavy atom.